The molecule has 1 heterocycles. The van der Waals surface area contributed by atoms with E-state index in [9.17, 15) is 9.59 Å². The third kappa shape index (κ3) is 7.30. The molecule has 1 amide bonds. The number of nitrogens with zero attached hydrogens (tertiary/aromatic N) is 1. The fourth-order valence-electron chi connectivity index (χ4n) is 3.90. The standard InChI is InChI=1S/C27H33BrN2O7/c1-26(2,3)37-22(32)14-15-27(25(33)30-34-4)23(20-8-5-6-9-21(20)28)36-24(29-27)18-10-12-19(13-11-18)35-17-7-16-31/h5-6,8-13,23,31H,7,14-17H2,1-4H3,(H,30,33)/t23-,27-/m0/s1. The first-order chi connectivity index (χ1) is 17.6. The van der Waals surface area contributed by atoms with E-state index in [1.807, 2.05) is 24.3 Å². The fourth-order valence-corrected chi connectivity index (χ4v) is 4.39. The third-order valence-electron chi connectivity index (χ3n) is 5.54. The predicted molar refractivity (Wildman–Crippen MR) is 141 cm³/mol. The monoisotopic (exact) mass is 576 g/mol. The molecule has 0 radical (unpaired) electrons. The van der Waals surface area contributed by atoms with Gasteiger partial charge in [-0.2, -0.15) is 0 Å². The SMILES string of the molecule is CONC(=O)[C@@]1(CCC(=O)OC(C)(C)C)N=C(c2ccc(OCCCO)cc2)O[C@H]1c1ccccc1Br. The number of nitrogens with one attached hydrogen (secondary N) is 1. The van der Waals surface area contributed by atoms with E-state index in [1.165, 1.54) is 7.11 Å². The van der Waals surface area contributed by atoms with Gasteiger partial charge in [-0.15, -0.1) is 0 Å². The Labute approximate surface area is 225 Å². The highest BCUT2D eigenvalue weighted by atomic mass is 79.9. The molecule has 0 unspecified atom stereocenters. The van der Waals surface area contributed by atoms with Gasteiger partial charge in [0.15, 0.2) is 11.6 Å². The number of carbonyl (C=O) groups excluding carboxylic acids is 2. The summed E-state index contributed by atoms with van der Waals surface area (Å²) in [5.41, 5.74) is 1.55. The molecule has 0 saturated heterocycles. The number of amides is 1. The molecule has 2 aromatic rings. The lowest BCUT2D eigenvalue weighted by Gasteiger charge is -2.30. The van der Waals surface area contributed by atoms with Crippen LogP contribution in [0.25, 0.3) is 0 Å². The van der Waals surface area contributed by atoms with Crippen LogP contribution < -0.4 is 10.2 Å². The summed E-state index contributed by atoms with van der Waals surface area (Å²) < 4.78 is 18.2. The van der Waals surface area contributed by atoms with E-state index in [2.05, 4.69) is 21.4 Å². The van der Waals surface area contributed by atoms with E-state index < -0.39 is 29.1 Å². The minimum absolute atomic E-state index is 0.0228. The van der Waals surface area contributed by atoms with E-state index in [4.69, 9.17) is 29.1 Å². The van der Waals surface area contributed by atoms with Gasteiger partial charge >= 0.3 is 5.97 Å². The van der Waals surface area contributed by atoms with Gasteiger partial charge in [-0.25, -0.2) is 10.5 Å². The molecular weight excluding hydrogens is 544 g/mol. The molecule has 1 aliphatic rings. The first-order valence-electron chi connectivity index (χ1n) is 12.0. The molecule has 0 spiro atoms. The van der Waals surface area contributed by atoms with Crippen molar-refractivity contribution in [1.29, 1.82) is 0 Å². The second-order valence-electron chi connectivity index (χ2n) is 9.53. The highest BCUT2D eigenvalue weighted by Crippen LogP contribution is 2.45. The average Bonchev–Trinajstić information content (AvgIpc) is 3.23. The lowest BCUT2D eigenvalue weighted by molar-refractivity contribution is -0.155. The lowest BCUT2D eigenvalue weighted by Crippen LogP contribution is -2.48. The molecule has 3 rings (SSSR count). The summed E-state index contributed by atoms with van der Waals surface area (Å²) in [5.74, 6) is -0.112. The second kappa shape index (κ2) is 12.5. The van der Waals surface area contributed by atoms with Gasteiger partial charge in [0.2, 0.25) is 5.90 Å². The number of aliphatic hydroxyl groups excluding tert-OH is 1. The number of ether oxygens (including phenoxy) is 3. The number of hydroxylamine groups is 1. The topological polar surface area (TPSA) is 116 Å². The third-order valence-corrected chi connectivity index (χ3v) is 6.26. The summed E-state index contributed by atoms with van der Waals surface area (Å²) in [6, 6.07) is 14.5. The van der Waals surface area contributed by atoms with E-state index in [1.54, 1.807) is 45.0 Å². The number of rotatable bonds is 11. The fraction of sp³-hybridized carbons (Fsp3) is 0.444. The van der Waals surface area contributed by atoms with Crippen molar-refractivity contribution in [1.82, 2.24) is 5.48 Å². The zero-order valence-electron chi connectivity index (χ0n) is 21.5. The van der Waals surface area contributed by atoms with E-state index in [0.29, 0.717) is 29.9 Å². The number of hydrogen-bond donors (Lipinski definition) is 2. The number of hydrogen-bond acceptors (Lipinski definition) is 8. The summed E-state index contributed by atoms with van der Waals surface area (Å²) in [5, 5.41) is 8.95. The van der Waals surface area contributed by atoms with Gasteiger partial charge in [-0.05, 0) is 57.5 Å². The first kappa shape index (κ1) is 28.6. The van der Waals surface area contributed by atoms with Crippen molar-refractivity contribution in [2.45, 2.75) is 57.3 Å². The molecule has 0 saturated carbocycles. The lowest BCUT2D eigenvalue weighted by atomic mass is 9.83. The van der Waals surface area contributed by atoms with Gasteiger partial charge in [0, 0.05) is 35.0 Å². The molecule has 37 heavy (non-hydrogen) atoms. The van der Waals surface area contributed by atoms with Crippen LogP contribution in [0.2, 0.25) is 0 Å². The Balaban J connectivity index is 2.00. The zero-order chi connectivity index (χ0) is 27.1. The van der Waals surface area contributed by atoms with Crippen LogP contribution in [0.4, 0.5) is 0 Å². The zero-order valence-corrected chi connectivity index (χ0v) is 23.0. The van der Waals surface area contributed by atoms with Crippen LogP contribution in [0.5, 0.6) is 5.75 Å². The molecule has 2 N–H and O–H groups in total. The molecule has 0 fully saturated rings. The summed E-state index contributed by atoms with van der Waals surface area (Å²) in [6.07, 6.45) is -0.363. The van der Waals surface area contributed by atoms with Crippen molar-refractivity contribution in [3.05, 3.63) is 64.1 Å². The van der Waals surface area contributed by atoms with Crippen molar-refractivity contribution in [2.75, 3.05) is 20.3 Å². The maximum Gasteiger partial charge on any atom is 0.306 e. The Morgan fingerprint density at radius 2 is 1.86 bits per heavy atom. The molecule has 1 aliphatic heterocycles. The first-order valence-corrected chi connectivity index (χ1v) is 12.8. The molecular formula is C27H33BrN2O7. The molecule has 0 aromatic heterocycles. The minimum Gasteiger partial charge on any atom is -0.494 e. The van der Waals surface area contributed by atoms with Gasteiger partial charge in [-0.3, -0.25) is 14.4 Å². The number of aliphatic hydroxyl groups is 1. The molecule has 200 valence electrons. The Morgan fingerprint density at radius 3 is 2.49 bits per heavy atom. The normalized spacial score (nSPS) is 19.1. The van der Waals surface area contributed by atoms with E-state index >= 15 is 0 Å². The predicted octanol–water partition coefficient (Wildman–Crippen LogP) is 4.27. The van der Waals surface area contributed by atoms with Gasteiger partial charge in [0.1, 0.15) is 11.4 Å². The Kier molecular flexibility index (Phi) is 9.69. The van der Waals surface area contributed by atoms with Crippen LogP contribution in [0, 0.1) is 0 Å². The van der Waals surface area contributed by atoms with Gasteiger partial charge in [0.25, 0.3) is 5.91 Å². The number of halogens is 1. The number of aliphatic imine (C=N–C) groups is 1. The number of esters is 1. The van der Waals surface area contributed by atoms with Crippen molar-refractivity contribution in [3.63, 3.8) is 0 Å². The summed E-state index contributed by atoms with van der Waals surface area (Å²) in [6.45, 7) is 5.80. The van der Waals surface area contributed by atoms with Gasteiger partial charge in [-0.1, -0.05) is 34.1 Å². The van der Waals surface area contributed by atoms with Gasteiger partial charge < -0.3 is 19.3 Å². The average molecular weight is 577 g/mol. The number of benzene rings is 2. The Morgan fingerprint density at radius 1 is 1.16 bits per heavy atom. The largest absolute Gasteiger partial charge is 0.494 e. The van der Waals surface area contributed by atoms with Crippen LogP contribution in [-0.4, -0.2) is 54.3 Å². The van der Waals surface area contributed by atoms with Crippen LogP contribution in [0.3, 0.4) is 0 Å². The van der Waals surface area contributed by atoms with Crippen LogP contribution in [0.15, 0.2) is 58.0 Å². The molecule has 0 bridgehead atoms. The quantitative estimate of drug-likeness (QED) is 0.233. The van der Waals surface area contributed by atoms with Crippen LogP contribution in [-0.2, 0) is 23.9 Å². The van der Waals surface area contributed by atoms with E-state index in [0.717, 1.165) is 4.47 Å². The minimum atomic E-state index is -1.51. The van der Waals surface area contributed by atoms with E-state index in [-0.39, 0.29) is 25.3 Å². The second-order valence-corrected chi connectivity index (χ2v) is 10.4. The molecule has 9 nitrogen and oxygen atoms in total. The highest BCUT2D eigenvalue weighted by molar-refractivity contribution is 9.10. The maximum absolute atomic E-state index is 13.5. The smallest absolute Gasteiger partial charge is 0.306 e. The maximum atomic E-state index is 13.5. The van der Waals surface area contributed by atoms with Crippen molar-refractivity contribution in [2.24, 2.45) is 4.99 Å². The number of carbonyl (C=O) groups is 2. The van der Waals surface area contributed by atoms with Crippen molar-refractivity contribution >= 4 is 33.7 Å². The molecule has 2 aromatic carbocycles. The summed E-state index contributed by atoms with van der Waals surface area (Å²) in [7, 11) is 1.34. The molecule has 0 aliphatic carbocycles. The van der Waals surface area contributed by atoms with Crippen LogP contribution >= 0.6 is 15.9 Å². The Bertz CT molecular complexity index is 1110. The summed E-state index contributed by atoms with van der Waals surface area (Å²) >= 11 is 3.56. The molecule has 2 atom stereocenters. The molecule has 10 heteroatoms. The summed E-state index contributed by atoms with van der Waals surface area (Å²) in [4.78, 5) is 35.9. The van der Waals surface area contributed by atoms with Crippen LogP contribution in [0.1, 0.15) is 57.3 Å². The Hall–Kier alpha value is -2.95. The van der Waals surface area contributed by atoms with Crippen molar-refractivity contribution in [3.8, 4) is 5.75 Å². The van der Waals surface area contributed by atoms with Crippen molar-refractivity contribution < 1.29 is 33.7 Å². The highest BCUT2D eigenvalue weighted by Gasteiger charge is 2.54. The van der Waals surface area contributed by atoms with Gasteiger partial charge in [0.05, 0.1) is 13.7 Å².